The molecule has 0 unspecified atom stereocenters. The van der Waals surface area contributed by atoms with Crippen LogP contribution >= 0.6 is 0 Å². The molecule has 0 aliphatic carbocycles. The predicted octanol–water partition coefficient (Wildman–Crippen LogP) is 2.65. The SMILES string of the molecule is CCc1noc(C)c1C(=O)N1CCN(Cc2cc(F)ccc2OC)CC1. The standard InChI is InChI=1S/C19H24FN3O3/c1-4-16-18(13(2)26-21-16)19(24)23-9-7-22(8-10-23)12-14-11-15(20)5-6-17(14)25-3/h5-6,11H,4,7-10,12H2,1-3H3. The van der Waals surface area contributed by atoms with E-state index in [1.807, 2.05) is 11.8 Å². The number of halogens is 1. The van der Waals surface area contributed by atoms with Crippen LogP contribution in [0.25, 0.3) is 0 Å². The van der Waals surface area contributed by atoms with E-state index in [1.54, 1.807) is 20.1 Å². The lowest BCUT2D eigenvalue weighted by molar-refractivity contribution is 0.0625. The van der Waals surface area contributed by atoms with Crippen molar-refractivity contribution in [1.82, 2.24) is 15.0 Å². The molecule has 1 amide bonds. The fraction of sp³-hybridized carbons (Fsp3) is 0.474. The number of carbonyl (C=O) groups is 1. The van der Waals surface area contributed by atoms with Gasteiger partial charge in [0.1, 0.15) is 22.9 Å². The minimum Gasteiger partial charge on any atom is -0.496 e. The molecule has 1 aromatic heterocycles. The fourth-order valence-corrected chi connectivity index (χ4v) is 3.31. The Balaban J connectivity index is 1.63. The molecule has 1 saturated heterocycles. The monoisotopic (exact) mass is 361 g/mol. The minimum absolute atomic E-state index is 0.0245. The molecule has 0 radical (unpaired) electrons. The highest BCUT2D eigenvalue weighted by atomic mass is 19.1. The number of hydrogen-bond donors (Lipinski definition) is 0. The summed E-state index contributed by atoms with van der Waals surface area (Å²) in [6.45, 7) is 6.99. The van der Waals surface area contributed by atoms with Crippen LogP contribution in [0.3, 0.4) is 0 Å². The first kappa shape index (κ1) is 18.4. The summed E-state index contributed by atoms with van der Waals surface area (Å²) in [4.78, 5) is 16.8. The first-order valence-electron chi connectivity index (χ1n) is 8.82. The number of aryl methyl sites for hydroxylation is 2. The van der Waals surface area contributed by atoms with E-state index in [0.717, 1.165) is 18.7 Å². The van der Waals surface area contributed by atoms with E-state index in [2.05, 4.69) is 10.1 Å². The van der Waals surface area contributed by atoms with Gasteiger partial charge in [0.05, 0.1) is 12.8 Å². The number of methoxy groups -OCH3 is 1. The van der Waals surface area contributed by atoms with Gasteiger partial charge in [0, 0.05) is 38.3 Å². The van der Waals surface area contributed by atoms with E-state index >= 15 is 0 Å². The summed E-state index contributed by atoms with van der Waals surface area (Å²) >= 11 is 0. The summed E-state index contributed by atoms with van der Waals surface area (Å²) < 4.78 is 24.0. The van der Waals surface area contributed by atoms with Gasteiger partial charge in [-0.15, -0.1) is 0 Å². The largest absolute Gasteiger partial charge is 0.496 e. The van der Waals surface area contributed by atoms with Gasteiger partial charge in [0.2, 0.25) is 0 Å². The lowest BCUT2D eigenvalue weighted by Crippen LogP contribution is -2.48. The summed E-state index contributed by atoms with van der Waals surface area (Å²) in [5.41, 5.74) is 2.11. The number of ether oxygens (including phenoxy) is 1. The minimum atomic E-state index is -0.273. The van der Waals surface area contributed by atoms with Crippen LogP contribution in [-0.4, -0.2) is 54.2 Å². The van der Waals surface area contributed by atoms with Crippen LogP contribution in [0.5, 0.6) is 5.75 Å². The van der Waals surface area contributed by atoms with Crippen molar-refractivity contribution in [2.45, 2.75) is 26.8 Å². The smallest absolute Gasteiger partial charge is 0.259 e. The van der Waals surface area contributed by atoms with Crippen LogP contribution < -0.4 is 4.74 Å². The van der Waals surface area contributed by atoms with Crippen molar-refractivity contribution in [3.63, 3.8) is 0 Å². The highest BCUT2D eigenvalue weighted by Crippen LogP contribution is 2.22. The fourth-order valence-electron chi connectivity index (χ4n) is 3.31. The van der Waals surface area contributed by atoms with Crippen molar-refractivity contribution in [2.24, 2.45) is 0 Å². The quantitative estimate of drug-likeness (QED) is 0.819. The molecule has 0 saturated carbocycles. The number of carbonyl (C=O) groups excluding carboxylic acids is 1. The van der Waals surface area contributed by atoms with E-state index in [1.165, 1.54) is 12.1 Å². The number of hydrogen-bond acceptors (Lipinski definition) is 5. The molecular weight excluding hydrogens is 337 g/mol. The molecular formula is C19H24FN3O3. The van der Waals surface area contributed by atoms with Gasteiger partial charge in [-0.1, -0.05) is 12.1 Å². The number of benzene rings is 1. The van der Waals surface area contributed by atoms with Gasteiger partial charge in [-0.2, -0.15) is 0 Å². The first-order valence-corrected chi connectivity index (χ1v) is 8.82. The molecule has 2 heterocycles. The predicted molar refractivity (Wildman–Crippen MR) is 94.8 cm³/mol. The van der Waals surface area contributed by atoms with Gasteiger partial charge >= 0.3 is 0 Å². The maximum atomic E-state index is 13.5. The van der Waals surface area contributed by atoms with Crippen LogP contribution in [0.15, 0.2) is 22.7 Å². The van der Waals surface area contributed by atoms with E-state index in [9.17, 15) is 9.18 Å². The number of amides is 1. The molecule has 7 heteroatoms. The van der Waals surface area contributed by atoms with Crippen molar-refractivity contribution in [3.8, 4) is 5.75 Å². The Morgan fingerprint density at radius 3 is 2.69 bits per heavy atom. The molecule has 0 atom stereocenters. The van der Waals surface area contributed by atoms with Gasteiger partial charge < -0.3 is 14.2 Å². The van der Waals surface area contributed by atoms with Gasteiger partial charge in [-0.3, -0.25) is 9.69 Å². The van der Waals surface area contributed by atoms with E-state index in [-0.39, 0.29) is 11.7 Å². The van der Waals surface area contributed by atoms with E-state index < -0.39 is 0 Å². The van der Waals surface area contributed by atoms with E-state index in [4.69, 9.17) is 9.26 Å². The van der Waals surface area contributed by atoms with Gasteiger partial charge in [0.25, 0.3) is 5.91 Å². The first-order chi connectivity index (χ1) is 12.5. The lowest BCUT2D eigenvalue weighted by Gasteiger charge is -2.35. The average Bonchev–Trinajstić information content (AvgIpc) is 3.02. The normalized spacial score (nSPS) is 15.3. The van der Waals surface area contributed by atoms with Gasteiger partial charge in [0.15, 0.2) is 0 Å². The molecule has 1 aliphatic heterocycles. The Hall–Kier alpha value is -2.41. The maximum absolute atomic E-state index is 13.5. The third-order valence-electron chi connectivity index (χ3n) is 4.78. The molecule has 6 nitrogen and oxygen atoms in total. The summed E-state index contributed by atoms with van der Waals surface area (Å²) in [5.74, 6) is 0.949. The Morgan fingerprint density at radius 1 is 1.31 bits per heavy atom. The Bertz CT molecular complexity index is 782. The molecule has 2 aromatic rings. The van der Waals surface area contributed by atoms with Crippen LogP contribution in [0.1, 0.15) is 34.3 Å². The average molecular weight is 361 g/mol. The molecule has 0 bridgehead atoms. The van der Waals surface area contributed by atoms with Crippen molar-refractivity contribution < 1.29 is 18.4 Å². The zero-order valence-corrected chi connectivity index (χ0v) is 15.4. The molecule has 0 spiro atoms. The molecule has 26 heavy (non-hydrogen) atoms. The molecule has 0 N–H and O–H groups in total. The Morgan fingerprint density at radius 2 is 2.04 bits per heavy atom. The third-order valence-corrected chi connectivity index (χ3v) is 4.78. The molecule has 1 aromatic carbocycles. The number of piperazine rings is 1. The molecule has 1 aliphatic rings. The highest BCUT2D eigenvalue weighted by Gasteiger charge is 2.27. The van der Waals surface area contributed by atoms with Gasteiger partial charge in [-0.05, 0) is 31.5 Å². The molecule has 1 fully saturated rings. The molecule has 140 valence electrons. The molecule has 3 rings (SSSR count). The van der Waals surface area contributed by atoms with Crippen LogP contribution in [-0.2, 0) is 13.0 Å². The number of nitrogens with zero attached hydrogens (tertiary/aromatic N) is 3. The van der Waals surface area contributed by atoms with Crippen molar-refractivity contribution in [2.75, 3.05) is 33.3 Å². The van der Waals surface area contributed by atoms with Crippen molar-refractivity contribution in [3.05, 3.63) is 46.6 Å². The lowest BCUT2D eigenvalue weighted by atomic mass is 10.1. The zero-order valence-electron chi connectivity index (χ0n) is 15.4. The van der Waals surface area contributed by atoms with Crippen molar-refractivity contribution >= 4 is 5.91 Å². The number of aromatic nitrogens is 1. The summed E-state index contributed by atoms with van der Waals surface area (Å²) in [6.07, 6.45) is 0.664. The summed E-state index contributed by atoms with van der Waals surface area (Å²) in [6, 6.07) is 4.54. The topological polar surface area (TPSA) is 58.8 Å². The van der Waals surface area contributed by atoms with Crippen LogP contribution in [0.4, 0.5) is 4.39 Å². The maximum Gasteiger partial charge on any atom is 0.259 e. The summed E-state index contributed by atoms with van der Waals surface area (Å²) in [5, 5.41) is 3.97. The van der Waals surface area contributed by atoms with Crippen molar-refractivity contribution in [1.29, 1.82) is 0 Å². The number of rotatable bonds is 5. The third kappa shape index (κ3) is 3.72. The Kier molecular flexibility index (Phi) is 5.56. The van der Waals surface area contributed by atoms with Crippen LogP contribution in [0.2, 0.25) is 0 Å². The second kappa shape index (κ2) is 7.86. The van der Waals surface area contributed by atoms with Crippen LogP contribution in [0, 0.1) is 12.7 Å². The second-order valence-corrected chi connectivity index (χ2v) is 6.44. The van der Waals surface area contributed by atoms with Gasteiger partial charge in [-0.25, -0.2) is 4.39 Å². The summed E-state index contributed by atoms with van der Waals surface area (Å²) in [7, 11) is 1.58. The zero-order chi connectivity index (χ0) is 18.7. The second-order valence-electron chi connectivity index (χ2n) is 6.44. The van der Waals surface area contributed by atoms with E-state index in [0.29, 0.717) is 48.8 Å². The highest BCUT2D eigenvalue weighted by molar-refractivity contribution is 5.96. The Labute approximate surface area is 152 Å².